The predicted octanol–water partition coefficient (Wildman–Crippen LogP) is 2.02. The molecule has 0 aliphatic carbocycles. The average molecular weight is 226 g/mol. The number of carbonyl (C=O) groups is 1. The van der Waals surface area contributed by atoms with Crippen molar-refractivity contribution in [1.29, 1.82) is 5.26 Å². The first-order valence-electron chi connectivity index (χ1n) is 5.58. The zero-order valence-electron chi connectivity index (χ0n) is 9.86. The van der Waals surface area contributed by atoms with Gasteiger partial charge in [-0.25, -0.2) is 0 Å². The molecule has 0 saturated heterocycles. The number of hydrogen-bond donors (Lipinski definition) is 0. The van der Waals surface area contributed by atoms with E-state index in [4.69, 9.17) is 5.26 Å². The van der Waals surface area contributed by atoms with E-state index in [9.17, 15) is 4.79 Å². The molecule has 17 heavy (non-hydrogen) atoms. The second-order valence-corrected chi connectivity index (χ2v) is 4.35. The van der Waals surface area contributed by atoms with Gasteiger partial charge in [-0.05, 0) is 36.6 Å². The summed E-state index contributed by atoms with van der Waals surface area (Å²) in [4.78, 5) is 13.6. The molecule has 0 bridgehead atoms. The number of carbonyl (C=O) groups excluding carboxylic acids is 1. The lowest BCUT2D eigenvalue weighted by atomic mass is 9.97. The van der Waals surface area contributed by atoms with Gasteiger partial charge in [0.25, 0.3) is 0 Å². The van der Waals surface area contributed by atoms with Crippen molar-refractivity contribution in [3.8, 4) is 6.07 Å². The smallest absolute Gasteiger partial charge is 0.249 e. The summed E-state index contributed by atoms with van der Waals surface area (Å²) in [6.45, 7) is 6.73. The van der Waals surface area contributed by atoms with E-state index in [1.807, 2.05) is 12.1 Å². The molecule has 0 saturated carbocycles. The first kappa shape index (κ1) is 11.4. The monoisotopic (exact) mass is 226 g/mol. The molecule has 86 valence electrons. The van der Waals surface area contributed by atoms with Crippen LogP contribution in [0.4, 0.5) is 0 Å². The van der Waals surface area contributed by atoms with Crippen LogP contribution >= 0.6 is 0 Å². The van der Waals surface area contributed by atoms with Crippen LogP contribution < -0.4 is 0 Å². The molecule has 3 heteroatoms. The summed E-state index contributed by atoms with van der Waals surface area (Å²) < 4.78 is 0. The molecule has 1 aromatic rings. The van der Waals surface area contributed by atoms with Crippen molar-refractivity contribution < 1.29 is 4.79 Å². The van der Waals surface area contributed by atoms with Crippen LogP contribution in [0, 0.1) is 11.3 Å². The molecule has 0 fully saturated rings. The third-order valence-corrected chi connectivity index (χ3v) is 3.00. The minimum Gasteiger partial charge on any atom is -0.334 e. The van der Waals surface area contributed by atoms with Crippen molar-refractivity contribution in [2.75, 3.05) is 6.54 Å². The van der Waals surface area contributed by atoms with Crippen molar-refractivity contribution in [2.24, 2.45) is 0 Å². The van der Waals surface area contributed by atoms with Gasteiger partial charge in [-0.2, -0.15) is 5.26 Å². The number of nitrogens with zero attached hydrogens (tertiary/aromatic N) is 2. The van der Waals surface area contributed by atoms with E-state index in [1.54, 1.807) is 17.9 Å². The van der Waals surface area contributed by atoms with E-state index in [0.717, 1.165) is 12.0 Å². The summed E-state index contributed by atoms with van der Waals surface area (Å²) in [5, 5.41) is 8.83. The van der Waals surface area contributed by atoms with E-state index >= 15 is 0 Å². The molecular weight excluding hydrogens is 212 g/mol. The van der Waals surface area contributed by atoms with Gasteiger partial charge < -0.3 is 4.90 Å². The van der Waals surface area contributed by atoms with E-state index < -0.39 is 0 Å². The molecule has 2 rings (SSSR count). The largest absolute Gasteiger partial charge is 0.334 e. The van der Waals surface area contributed by atoms with Crippen molar-refractivity contribution in [1.82, 2.24) is 4.90 Å². The minimum absolute atomic E-state index is 0.0139. The van der Waals surface area contributed by atoms with Gasteiger partial charge in [-0.3, -0.25) is 4.79 Å². The van der Waals surface area contributed by atoms with Gasteiger partial charge in [-0.15, -0.1) is 0 Å². The summed E-state index contributed by atoms with van der Waals surface area (Å²) in [6.07, 6.45) is 0.809. The highest BCUT2D eigenvalue weighted by Crippen LogP contribution is 2.21. The van der Waals surface area contributed by atoms with Crippen LogP contribution in [0.5, 0.6) is 0 Å². The van der Waals surface area contributed by atoms with E-state index in [0.29, 0.717) is 24.2 Å². The van der Waals surface area contributed by atoms with Crippen LogP contribution in [0.15, 0.2) is 30.4 Å². The fraction of sp³-hybridized carbons (Fsp3) is 0.286. The zero-order chi connectivity index (χ0) is 12.4. The predicted molar refractivity (Wildman–Crippen MR) is 65.1 cm³/mol. The van der Waals surface area contributed by atoms with Gasteiger partial charge in [0, 0.05) is 18.7 Å². The lowest BCUT2D eigenvalue weighted by Gasteiger charge is -2.29. The molecule has 0 atom stereocenters. The number of nitriles is 1. The molecule has 1 aliphatic heterocycles. The summed E-state index contributed by atoms with van der Waals surface area (Å²) in [5.41, 5.74) is 3.56. The molecule has 0 radical (unpaired) electrons. The highest BCUT2D eigenvalue weighted by atomic mass is 16.2. The summed E-state index contributed by atoms with van der Waals surface area (Å²) in [5.74, 6) is 0.0139. The Bertz CT molecular complexity index is 526. The second kappa shape index (κ2) is 4.42. The number of hydrogen-bond acceptors (Lipinski definition) is 2. The molecule has 0 N–H and O–H groups in total. The highest BCUT2D eigenvalue weighted by molar-refractivity contribution is 5.92. The fourth-order valence-electron chi connectivity index (χ4n) is 2.07. The molecule has 1 aromatic carbocycles. The minimum atomic E-state index is 0.0139. The maximum Gasteiger partial charge on any atom is 0.249 e. The van der Waals surface area contributed by atoms with Crippen LogP contribution in [0.25, 0.3) is 0 Å². The van der Waals surface area contributed by atoms with Crippen molar-refractivity contribution in [3.63, 3.8) is 0 Å². The quantitative estimate of drug-likeness (QED) is 0.688. The van der Waals surface area contributed by atoms with Gasteiger partial charge in [0.15, 0.2) is 0 Å². The van der Waals surface area contributed by atoms with Crippen molar-refractivity contribution >= 4 is 5.91 Å². The third kappa shape index (κ3) is 2.21. The summed E-state index contributed by atoms with van der Waals surface area (Å²) >= 11 is 0. The Labute approximate surface area is 101 Å². The molecular formula is C14H14N2O. The Kier molecular flexibility index (Phi) is 2.97. The lowest BCUT2D eigenvalue weighted by Crippen LogP contribution is -2.36. The molecule has 0 aromatic heterocycles. The Balaban J connectivity index is 2.23. The zero-order valence-corrected chi connectivity index (χ0v) is 9.86. The Morgan fingerprint density at radius 3 is 2.88 bits per heavy atom. The Hall–Kier alpha value is -2.08. The molecule has 1 heterocycles. The Morgan fingerprint density at radius 2 is 2.24 bits per heavy atom. The van der Waals surface area contributed by atoms with Crippen molar-refractivity contribution in [3.05, 3.63) is 47.0 Å². The topological polar surface area (TPSA) is 44.1 Å². The average Bonchev–Trinajstić information content (AvgIpc) is 2.36. The van der Waals surface area contributed by atoms with Crippen LogP contribution in [-0.4, -0.2) is 17.4 Å². The summed E-state index contributed by atoms with van der Waals surface area (Å²) in [6, 6.07) is 7.78. The van der Waals surface area contributed by atoms with Gasteiger partial charge in [0.05, 0.1) is 11.6 Å². The second-order valence-electron chi connectivity index (χ2n) is 4.35. The lowest BCUT2D eigenvalue weighted by molar-refractivity contribution is -0.127. The van der Waals surface area contributed by atoms with E-state index in [2.05, 4.69) is 12.6 Å². The fourth-order valence-corrected chi connectivity index (χ4v) is 2.07. The maximum absolute atomic E-state index is 11.8. The van der Waals surface area contributed by atoms with Gasteiger partial charge in [-0.1, -0.05) is 12.6 Å². The van der Waals surface area contributed by atoms with E-state index in [1.165, 1.54) is 5.56 Å². The maximum atomic E-state index is 11.8. The molecule has 1 amide bonds. The molecule has 0 unspecified atom stereocenters. The normalized spacial score (nSPS) is 13.8. The highest BCUT2D eigenvalue weighted by Gasteiger charge is 2.20. The van der Waals surface area contributed by atoms with Gasteiger partial charge >= 0.3 is 0 Å². The third-order valence-electron chi connectivity index (χ3n) is 3.00. The van der Waals surface area contributed by atoms with Crippen molar-refractivity contribution in [2.45, 2.75) is 19.9 Å². The van der Waals surface area contributed by atoms with Crippen LogP contribution in [0.2, 0.25) is 0 Å². The van der Waals surface area contributed by atoms with Crippen LogP contribution in [-0.2, 0) is 17.8 Å². The van der Waals surface area contributed by atoms with Gasteiger partial charge in [0.1, 0.15) is 0 Å². The van der Waals surface area contributed by atoms with Gasteiger partial charge in [0.2, 0.25) is 5.91 Å². The van der Waals surface area contributed by atoms with Crippen LogP contribution in [0.1, 0.15) is 23.6 Å². The number of fused-ring (bicyclic) bond motifs is 1. The standard InChI is InChI=1S/C14H14N2O/c1-10(2)14(17)16-6-5-12-7-11(8-15)3-4-13(12)9-16/h3-4,7H,1,5-6,9H2,2H3. The summed E-state index contributed by atoms with van der Waals surface area (Å²) in [7, 11) is 0. The number of benzene rings is 1. The molecule has 1 aliphatic rings. The number of rotatable bonds is 1. The molecule has 3 nitrogen and oxygen atoms in total. The first-order valence-corrected chi connectivity index (χ1v) is 5.58. The van der Waals surface area contributed by atoms with E-state index in [-0.39, 0.29) is 5.91 Å². The van der Waals surface area contributed by atoms with Crippen LogP contribution in [0.3, 0.4) is 0 Å². The number of amides is 1. The Morgan fingerprint density at radius 1 is 1.47 bits per heavy atom. The molecule has 0 spiro atoms. The first-order chi connectivity index (χ1) is 8.11. The SMILES string of the molecule is C=C(C)C(=O)N1CCc2cc(C#N)ccc2C1.